The molecule has 0 spiro atoms. The largest absolute Gasteiger partial charge is 0.393 e. The molecule has 0 unspecified atom stereocenters. The number of rotatable bonds is 5. The van der Waals surface area contributed by atoms with Crippen molar-refractivity contribution < 1.29 is 30.6 Å². The highest BCUT2D eigenvalue weighted by Crippen LogP contribution is 2.20. The molecule has 0 aliphatic rings. The maximum atomic E-state index is 9.28. The molecule has 6 N–H and O–H groups in total. The molecule has 0 fully saturated rings. The van der Waals surface area contributed by atoms with E-state index in [1.807, 2.05) is 0 Å². The summed E-state index contributed by atoms with van der Waals surface area (Å²) >= 11 is 0. The fourth-order valence-electron chi connectivity index (χ4n) is 0.689. The van der Waals surface area contributed by atoms with Crippen molar-refractivity contribution in [1.29, 1.82) is 0 Å². The summed E-state index contributed by atoms with van der Waals surface area (Å²) in [6, 6.07) is 0. The lowest BCUT2D eigenvalue weighted by Gasteiger charge is -2.38. The first-order chi connectivity index (χ1) is 5.49. The van der Waals surface area contributed by atoms with Crippen LogP contribution in [0.15, 0.2) is 0 Å². The Balaban J connectivity index is 4.66. The normalized spacial score (nSPS) is 13.5. The van der Waals surface area contributed by atoms with Crippen LogP contribution >= 0.6 is 0 Å². The lowest BCUT2D eigenvalue weighted by Crippen LogP contribution is -2.63. The van der Waals surface area contributed by atoms with Gasteiger partial charge in [0, 0.05) is 0 Å². The third-order valence-corrected chi connectivity index (χ3v) is 1.91. The van der Waals surface area contributed by atoms with E-state index >= 15 is 0 Å². The second-order valence-corrected chi connectivity index (χ2v) is 2.70. The number of aliphatic hydroxyl groups excluding tert-OH is 4. The van der Waals surface area contributed by atoms with Crippen LogP contribution in [0.5, 0.6) is 0 Å². The van der Waals surface area contributed by atoms with E-state index in [-0.39, 0.29) is 0 Å². The molecule has 0 aromatic heterocycles. The van der Waals surface area contributed by atoms with Gasteiger partial charge in [0.2, 0.25) is 0 Å². The molecule has 0 aliphatic heterocycles. The predicted octanol–water partition coefficient (Wildman–Crippen LogP) is -3.58. The Morgan fingerprint density at radius 3 is 0.833 bits per heavy atom. The van der Waals surface area contributed by atoms with E-state index in [4.69, 9.17) is 20.4 Å². The van der Waals surface area contributed by atoms with Crippen LogP contribution in [-0.2, 0) is 0 Å². The molecule has 0 saturated carbocycles. The molecule has 6 heteroatoms. The Morgan fingerprint density at radius 1 is 0.583 bits per heavy atom. The second-order valence-electron chi connectivity index (χ2n) is 2.70. The van der Waals surface area contributed by atoms with Crippen molar-refractivity contribution in [2.75, 3.05) is 26.4 Å². The topological polar surface area (TPSA) is 121 Å². The fourth-order valence-corrected chi connectivity index (χ4v) is 0.689. The molecule has 0 aromatic rings. The minimum atomic E-state index is -2.30. The standard InChI is InChI=1S/C6H14O6/c7-1-5(11,2-8)6(12,3-9)4-10/h7-12H,1-4H2. The van der Waals surface area contributed by atoms with E-state index in [0.717, 1.165) is 0 Å². The zero-order valence-electron chi connectivity index (χ0n) is 6.51. The van der Waals surface area contributed by atoms with Gasteiger partial charge in [-0.1, -0.05) is 0 Å². The molecular weight excluding hydrogens is 168 g/mol. The number of hydrogen-bond donors (Lipinski definition) is 6. The Bertz CT molecular complexity index is 112. The van der Waals surface area contributed by atoms with Gasteiger partial charge < -0.3 is 30.6 Å². The van der Waals surface area contributed by atoms with Crippen molar-refractivity contribution in [2.24, 2.45) is 0 Å². The number of aliphatic hydroxyl groups is 6. The summed E-state index contributed by atoms with van der Waals surface area (Å²) in [4.78, 5) is 0. The van der Waals surface area contributed by atoms with Crippen molar-refractivity contribution in [3.8, 4) is 0 Å². The summed E-state index contributed by atoms with van der Waals surface area (Å²) in [6.45, 7) is -3.83. The zero-order chi connectivity index (χ0) is 9.83. The van der Waals surface area contributed by atoms with Gasteiger partial charge in [0.1, 0.15) is 11.2 Å². The lowest BCUT2D eigenvalue weighted by molar-refractivity contribution is -0.219. The molecule has 0 bridgehead atoms. The van der Waals surface area contributed by atoms with Crippen LogP contribution < -0.4 is 0 Å². The van der Waals surface area contributed by atoms with Gasteiger partial charge in [-0.15, -0.1) is 0 Å². The molecule has 0 amide bonds. The predicted molar refractivity (Wildman–Crippen MR) is 38.2 cm³/mol. The summed E-state index contributed by atoms with van der Waals surface area (Å²) < 4.78 is 0. The smallest absolute Gasteiger partial charge is 0.144 e. The SMILES string of the molecule is OCC(O)(CO)C(O)(CO)CO. The highest BCUT2D eigenvalue weighted by Gasteiger charge is 2.48. The van der Waals surface area contributed by atoms with E-state index in [0.29, 0.717) is 0 Å². The average molecular weight is 182 g/mol. The molecule has 0 radical (unpaired) electrons. The van der Waals surface area contributed by atoms with Crippen LogP contribution in [0.2, 0.25) is 0 Å². The summed E-state index contributed by atoms with van der Waals surface area (Å²) in [5.41, 5.74) is -4.59. The molecule has 0 heterocycles. The van der Waals surface area contributed by atoms with Crippen LogP contribution in [0.4, 0.5) is 0 Å². The van der Waals surface area contributed by atoms with Gasteiger partial charge >= 0.3 is 0 Å². The van der Waals surface area contributed by atoms with Crippen LogP contribution in [-0.4, -0.2) is 68.3 Å². The van der Waals surface area contributed by atoms with Gasteiger partial charge in [-0.05, 0) is 0 Å². The minimum Gasteiger partial charge on any atom is -0.393 e. The molecule has 0 saturated heterocycles. The third-order valence-electron chi connectivity index (χ3n) is 1.91. The molecule has 0 rings (SSSR count). The van der Waals surface area contributed by atoms with Crippen molar-refractivity contribution in [1.82, 2.24) is 0 Å². The van der Waals surface area contributed by atoms with Gasteiger partial charge in [-0.3, -0.25) is 0 Å². The first-order valence-corrected chi connectivity index (χ1v) is 3.38. The monoisotopic (exact) mass is 182 g/mol. The second kappa shape index (κ2) is 4.13. The average Bonchev–Trinajstić information content (AvgIpc) is 2.15. The number of hydrogen-bond acceptors (Lipinski definition) is 6. The maximum Gasteiger partial charge on any atom is 0.144 e. The van der Waals surface area contributed by atoms with Gasteiger partial charge in [0.15, 0.2) is 0 Å². The van der Waals surface area contributed by atoms with Crippen LogP contribution in [0.25, 0.3) is 0 Å². The summed E-state index contributed by atoms with van der Waals surface area (Å²) in [5.74, 6) is 0. The van der Waals surface area contributed by atoms with Crippen molar-refractivity contribution in [2.45, 2.75) is 11.2 Å². The molecule has 74 valence electrons. The quantitative estimate of drug-likeness (QED) is 0.261. The molecule has 6 nitrogen and oxygen atoms in total. The van der Waals surface area contributed by atoms with Gasteiger partial charge in [0.05, 0.1) is 26.4 Å². The van der Waals surface area contributed by atoms with E-state index in [1.165, 1.54) is 0 Å². The Kier molecular flexibility index (Phi) is 4.04. The highest BCUT2D eigenvalue weighted by atomic mass is 16.4. The minimum absolute atomic E-state index is 0.957. The molecule has 0 aliphatic carbocycles. The summed E-state index contributed by atoms with van der Waals surface area (Å²) in [5, 5.41) is 52.9. The van der Waals surface area contributed by atoms with E-state index < -0.39 is 37.6 Å². The Morgan fingerprint density at radius 2 is 0.750 bits per heavy atom. The van der Waals surface area contributed by atoms with Crippen molar-refractivity contribution >= 4 is 0 Å². The lowest BCUT2D eigenvalue weighted by atomic mass is 9.85. The van der Waals surface area contributed by atoms with Gasteiger partial charge in [-0.2, -0.15) is 0 Å². The van der Waals surface area contributed by atoms with Crippen LogP contribution in [0.1, 0.15) is 0 Å². The summed E-state index contributed by atoms with van der Waals surface area (Å²) in [7, 11) is 0. The molecular formula is C6H14O6. The maximum absolute atomic E-state index is 9.28. The van der Waals surface area contributed by atoms with Crippen LogP contribution in [0.3, 0.4) is 0 Å². The van der Waals surface area contributed by atoms with E-state index in [1.54, 1.807) is 0 Å². The molecule has 0 aromatic carbocycles. The Labute approximate surface area is 69.3 Å². The van der Waals surface area contributed by atoms with Crippen LogP contribution in [0, 0.1) is 0 Å². The van der Waals surface area contributed by atoms with E-state index in [2.05, 4.69) is 0 Å². The first-order valence-electron chi connectivity index (χ1n) is 3.38. The van der Waals surface area contributed by atoms with Gasteiger partial charge in [-0.25, -0.2) is 0 Å². The molecule has 12 heavy (non-hydrogen) atoms. The van der Waals surface area contributed by atoms with E-state index in [9.17, 15) is 10.2 Å². The van der Waals surface area contributed by atoms with Crippen molar-refractivity contribution in [3.63, 3.8) is 0 Å². The Hall–Kier alpha value is -0.240. The summed E-state index contributed by atoms with van der Waals surface area (Å²) in [6.07, 6.45) is 0. The highest BCUT2D eigenvalue weighted by molar-refractivity contribution is 4.98. The third kappa shape index (κ3) is 1.74. The molecule has 0 atom stereocenters. The van der Waals surface area contributed by atoms with Gasteiger partial charge in [0.25, 0.3) is 0 Å². The first kappa shape index (κ1) is 11.8. The fraction of sp³-hybridized carbons (Fsp3) is 1.00. The van der Waals surface area contributed by atoms with Crippen molar-refractivity contribution in [3.05, 3.63) is 0 Å². The zero-order valence-corrected chi connectivity index (χ0v) is 6.51.